The maximum Gasteiger partial charge on any atom is 0.251 e. The number of aliphatic hydroxyl groups excluding tert-OH is 1. The van der Waals surface area contributed by atoms with E-state index in [9.17, 15) is 4.79 Å². The molecule has 3 N–H and O–H groups in total. The SMILES string of the molecule is CC.CC(O)C(C)(C)C(=O)NO. The molecule has 74 valence electrons. The zero-order chi connectivity index (χ0) is 10.4. The van der Waals surface area contributed by atoms with Gasteiger partial charge in [0.2, 0.25) is 0 Å². The van der Waals surface area contributed by atoms with E-state index in [-0.39, 0.29) is 0 Å². The minimum absolute atomic E-state index is 0.581. The van der Waals surface area contributed by atoms with Gasteiger partial charge in [0.25, 0.3) is 5.91 Å². The lowest BCUT2D eigenvalue weighted by atomic mass is 9.87. The average Bonchev–Trinajstić information content (AvgIpc) is 2.06. The minimum atomic E-state index is -0.936. The number of amides is 1. The number of hydrogen-bond donors (Lipinski definition) is 3. The van der Waals surface area contributed by atoms with E-state index in [4.69, 9.17) is 10.3 Å². The van der Waals surface area contributed by atoms with Gasteiger partial charge in [-0.1, -0.05) is 13.8 Å². The molecule has 0 fully saturated rings. The van der Waals surface area contributed by atoms with Crippen molar-refractivity contribution in [3.63, 3.8) is 0 Å². The van der Waals surface area contributed by atoms with Crippen molar-refractivity contribution in [2.24, 2.45) is 5.41 Å². The number of nitrogens with one attached hydrogen (secondary N) is 1. The largest absolute Gasteiger partial charge is 0.392 e. The van der Waals surface area contributed by atoms with Gasteiger partial charge >= 0.3 is 0 Å². The van der Waals surface area contributed by atoms with Crippen LogP contribution in [0, 0.1) is 5.41 Å². The summed E-state index contributed by atoms with van der Waals surface area (Å²) < 4.78 is 0. The number of hydrogen-bond acceptors (Lipinski definition) is 3. The number of rotatable bonds is 2. The fourth-order valence-electron chi connectivity index (χ4n) is 0.334. The predicted molar refractivity (Wildman–Crippen MR) is 46.7 cm³/mol. The van der Waals surface area contributed by atoms with Crippen LogP contribution in [-0.4, -0.2) is 22.3 Å². The second-order valence-corrected chi connectivity index (χ2v) is 2.84. The van der Waals surface area contributed by atoms with E-state index in [0.29, 0.717) is 0 Å². The molecule has 0 saturated carbocycles. The summed E-state index contributed by atoms with van der Waals surface area (Å²) in [7, 11) is 0. The van der Waals surface area contributed by atoms with Crippen LogP contribution in [0.2, 0.25) is 0 Å². The Hall–Kier alpha value is -0.610. The highest BCUT2D eigenvalue weighted by Crippen LogP contribution is 2.19. The van der Waals surface area contributed by atoms with Crippen LogP contribution in [0.25, 0.3) is 0 Å². The molecule has 0 radical (unpaired) electrons. The molecular formula is C8H19NO3. The fraction of sp³-hybridized carbons (Fsp3) is 0.875. The average molecular weight is 177 g/mol. The van der Waals surface area contributed by atoms with Crippen LogP contribution in [0.1, 0.15) is 34.6 Å². The summed E-state index contributed by atoms with van der Waals surface area (Å²) >= 11 is 0. The summed E-state index contributed by atoms with van der Waals surface area (Å²) in [5.74, 6) is -0.581. The van der Waals surface area contributed by atoms with Crippen molar-refractivity contribution in [2.45, 2.75) is 40.7 Å². The highest BCUT2D eigenvalue weighted by molar-refractivity contribution is 5.81. The van der Waals surface area contributed by atoms with Gasteiger partial charge in [-0.25, -0.2) is 5.48 Å². The Kier molecular flexibility index (Phi) is 6.94. The lowest BCUT2D eigenvalue weighted by molar-refractivity contribution is -0.143. The fourth-order valence-corrected chi connectivity index (χ4v) is 0.334. The zero-order valence-corrected chi connectivity index (χ0v) is 8.38. The quantitative estimate of drug-likeness (QED) is 0.434. The van der Waals surface area contributed by atoms with Gasteiger partial charge < -0.3 is 5.11 Å². The van der Waals surface area contributed by atoms with E-state index in [1.165, 1.54) is 12.4 Å². The Morgan fingerprint density at radius 1 is 1.42 bits per heavy atom. The van der Waals surface area contributed by atoms with Crippen LogP contribution >= 0.6 is 0 Å². The summed E-state index contributed by atoms with van der Waals surface area (Å²) in [6.45, 7) is 8.58. The predicted octanol–water partition coefficient (Wildman–Crippen LogP) is 0.925. The molecule has 0 aromatic carbocycles. The first kappa shape index (κ1) is 13.9. The first-order valence-corrected chi connectivity index (χ1v) is 4.05. The smallest absolute Gasteiger partial charge is 0.251 e. The van der Waals surface area contributed by atoms with Crippen molar-refractivity contribution in [1.29, 1.82) is 0 Å². The van der Waals surface area contributed by atoms with Crippen molar-refractivity contribution in [3.8, 4) is 0 Å². The van der Waals surface area contributed by atoms with E-state index in [1.807, 2.05) is 13.8 Å². The topological polar surface area (TPSA) is 69.6 Å². The molecule has 0 aliphatic rings. The second kappa shape index (κ2) is 5.97. The molecule has 4 heteroatoms. The van der Waals surface area contributed by atoms with Crippen LogP contribution in [0.4, 0.5) is 0 Å². The molecule has 0 spiro atoms. The van der Waals surface area contributed by atoms with Gasteiger partial charge in [-0.15, -0.1) is 0 Å². The lowest BCUT2D eigenvalue weighted by Gasteiger charge is -2.24. The van der Waals surface area contributed by atoms with Gasteiger partial charge in [-0.2, -0.15) is 0 Å². The first-order chi connectivity index (χ1) is 5.42. The monoisotopic (exact) mass is 177 g/mol. The van der Waals surface area contributed by atoms with Gasteiger partial charge in [0.1, 0.15) is 0 Å². The van der Waals surface area contributed by atoms with Gasteiger partial charge in [0, 0.05) is 0 Å². The molecule has 12 heavy (non-hydrogen) atoms. The van der Waals surface area contributed by atoms with Crippen molar-refractivity contribution < 1.29 is 15.1 Å². The van der Waals surface area contributed by atoms with E-state index in [0.717, 1.165) is 0 Å². The molecule has 0 saturated heterocycles. The highest BCUT2D eigenvalue weighted by Gasteiger charge is 2.32. The standard InChI is InChI=1S/C6H13NO3.C2H6/c1-4(8)6(2,3)5(9)7-10;1-2/h4,8,10H,1-3H3,(H,7,9);1-2H3. The van der Waals surface area contributed by atoms with Crippen LogP contribution < -0.4 is 5.48 Å². The summed E-state index contributed by atoms with van der Waals surface area (Å²) in [6, 6.07) is 0. The normalized spacial score (nSPS) is 12.6. The van der Waals surface area contributed by atoms with E-state index in [2.05, 4.69) is 0 Å². The third kappa shape index (κ3) is 3.69. The molecule has 0 heterocycles. The number of aliphatic hydroxyl groups is 1. The van der Waals surface area contributed by atoms with Crippen molar-refractivity contribution in [2.75, 3.05) is 0 Å². The Morgan fingerprint density at radius 3 is 1.83 bits per heavy atom. The van der Waals surface area contributed by atoms with Gasteiger partial charge in [0.05, 0.1) is 11.5 Å². The third-order valence-electron chi connectivity index (χ3n) is 1.73. The van der Waals surface area contributed by atoms with Crippen LogP contribution in [0.3, 0.4) is 0 Å². The van der Waals surface area contributed by atoms with Gasteiger partial charge in [-0.3, -0.25) is 10.0 Å². The molecule has 0 aromatic heterocycles. The zero-order valence-electron chi connectivity index (χ0n) is 8.38. The second-order valence-electron chi connectivity index (χ2n) is 2.84. The van der Waals surface area contributed by atoms with Crippen molar-refractivity contribution >= 4 is 5.91 Å². The summed E-state index contributed by atoms with van der Waals surface area (Å²) in [5, 5.41) is 17.2. The number of hydroxylamine groups is 1. The highest BCUT2D eigenvalue weighted by atomic mass is 16.5. The summed E-state index contributed by atoms with van der Waals surface area (Å²) in [5.41, 5.74) is 0.552. The Morgan fingerprint density at radius 2 is 1.75 bits per heavy atom. The molecule has 0 aromatic rings. The summed E-state index contributed by atoms with van der Waals surface area (Å²) in [4.78, 5) is 10.8. The number of carbonyl (C=O) groups is 1. The van der Waals surface area contributed by atoms with Crippen LogP contribution in [0.15, 0.2) is 0 Å². The molecule has 0 bridgehead atoms. The summed E-state index contributed by atoms with van der Waals surface area (Å²) in [6.07, 6.45) is -0.778. The maximum absolute atomic E-state index is 10.8. The molecule has 1 atom stereocenters. The van der Waals surface area contributed by atoms with E-state index >= 15 is 0 Å². The molecule has 4 nitrogen and oxygen atoms in total. The maximum atomic E-state index is 10.8. The molecule has 0 aliphatic carbocycles. The molecule has 0 rings (SSSR count). The molecule has 0 aliphatic heterocycles. The van der Waals surface area contributed by atoms with Crippen LogP contribution in [-0.2, 0) is 4.79 Å². The van der Waals surface area contributed by atoms with Crippen LogP contribution in [0.5, 0.6) is 0 Å². The Labute approximate surface area is 73.6 Å². The Balaban J connectivity index is 0. The number of carbonyl (C=O) groups excluding carboxylic acids is 1. The molecule has 1 amide bonds. The van der Waals surface area contributed by atoms with E-state index in [1.54, 1.807) is 13.8 Å². The Bertz CT molecular complexity index is 132. The van der Waals surface area contributed by atoms with Gasteiger partial charge in [0.15, 0.2) is 0 Å². The van der Waals surface area contributed by atoms with Crippen molar-refractivity contribution in [3.05, 3.63) is 0 Å². The first-order valence-electron chi connectivity index (χ1n) is 4.05. The third-order valence-corrected chi connectivity index (χ3v) is 1.73. The molecular weight excluding hydrogens is 158 g/mol. The van der Waals surface area contributed by atoms with Crippen molar-refractivity contribution in [1.82, 2.24) is 5.48 Å². The van der Waals surface area contributed by atoms with E-state index < -0.39 is 17.4 Å². The minimum Gasteiger partial charge on any atom is -0.392 e. The van der Waals surface area contributed by atoms with Gasteiger partial charge in [-0.05, 0) is 20.8 Å². The lowest BCUT2D eigenvalue weighted by Crippen LogP contribution is -2.42. The molecule has 1 unspecified atom stereocenters.